The van der Waals surface area contributed by atoms with Gasteiger partial charge in [-0.1, -0.05) is 148 Å². The molecule has 0 aliphatic rings. The Morgan fingerprint density at radius 1 is 0.361 bits per heavy atom. The summed E-state index contributed by atoms with van der Waals surface area (Å²) in [6.07, 6.45) is 9.87. The Morgan fingerprint density at radius 3 is 0.722 bits per heavy atom. The molecule has 0 aliphatic carbocycles. The molecule has 0 radical (unpaired) electrons. The molecule has 4 aromatic rings. The van der Waals surface area contributed by atoms with Gasteiger partial charge >= 0.3 is 0 Å². The summed E-state index contributed by atoms with van der Waals surface area (Å²) in [7, 11) is -1.00. The van der Waals surface area contributed by atoms with Gasteiger partial charge in [0, 0.05) is 0 Å². The van der Waals surface area contributed by atoms with Crippen LogP contribution < -0.4 is 21.2 Å². The second kappa shape index (κ2) is 12.6. The van der Waals surface area contributed by atoms with Gasteiger partial charge in [0.25, 0.3) is 0 Å². The van der Waals surface area contributed by atoms with Gasteiger partial charge < -0.3 is 0 Å². The predicted octanol–water partition coefficient (Wildman–Crippen LogP) is 7.82. The molecular weight excluding hydrogens is 470 g/mol. The van der Waals surface area contributed by atoms with Crippen molar-refractivity contribution >= 4 is 61.4 Å². The highest BCUT2D eigenvalue weighted by Crippen LogP contribution is 2.41. The second-order valence-electron chi connectivity index (χ2n) is 8.49. The fourth-order valence-corrected chi connectivity index (χ4v) is 9.44. The summed E-state index contributed by atoms with van der Waals surface area (Å²) < 4.78 is 0. The minimum absolute atomic E-state index is 0.502. The largest absolute Gasteiger partial charge is 0.0985 e. The molecule has 0 unspecified atom stereocenters. The molecule has 4 rings (SSSR count). The summed E-state index contributed by atoms with van der Waals surface area (Å²) in [6.45, 7) is 15.7. The van der Waals surface area contributed by atoms with Crippen molar-refractivity contribution in [3.63, 3.8) is 0 Å². The summed E-state index contributed by atoms with van der Waals surface area (Å²) in [5.74, 6) is 0. The fourth-order valence-electron chi connectivity index (χ4n) is 4.18. The van der Waals surface area contributed by atoms with E-state index >= 15 is 0 Å². The van der Waals surface area contributed by atoms with E-state index in [1.807, 2.05) is 24.3 Å². The van der Waals surface area contributed by atoms with Crippen molar-refractivity contribution in [2.45, 2.75) is 0 Å². The molecule has 0 saturated carbocycles. The maximum absolute atomic E-state index is 3.92. The first-order chi connectivity index (χ1) is 17.6. The van der Waals surface area contributed by atoms with Crippen LogP contribution in [0.2, 0.25) is 0 Å². The van der Waals surface area contributed by atoms with Crippen LogP contribution in [-0.2, 0) is 0 Å². The van der Waals surface area contributed by atoms with Crippen LogP contribution in [0.3, 0.4) is 0 Å². The van der Waals surface area contributed by atoms with Crippen LogP contribution in [0, 0.1) is 0 Å². The molecule has 0 atom stereocenters. The molecule has 0 aliphatic heterocycles. The van der Waals surface area contributed by atoms with E-state index in [1.165, 1.54) is 21.2 Å². The first-order valence-electron chi connectivity index (χ1n) is 12.1. The Morgan fingerprint density at radius 2 is 0.556 bits per heavy atom. The highest BCUT2D eigenvalue weighted by molar-refractivity contribution is 7.76. The van der Waals surface area contributed by atoms with Crippen molar-refractivity contribution in [1.82, 2.24) is 0 Å². The highest BCUT2D eigenvalue weighted by Gasteiger charge is 2.19. The summed E-state index contributed by atoms with van der Waals surface area (Å²) in [5, 5.41) is 5.61. The number of hydrogen-bond acceptors (Lipinski definition) is 0. The van der Waals surface area contributed by atoms with Gasteiger partial charge in [0.05, 0.1) is 0 Å². The van der Waals surface area contributed by atoms with Gasteiger partial charge in [0.1, 0.15) is 0 Å². The molecule has 0 bridgehead atoms. The van der Waals surface area contributed by atoms with Crippen molar-refractivity contribution in [3.8, 4) is 0 Å². The minimum atomic E-state index is -0.502. The van der Waals surface area contributed by atoms with E-state index in [-0.39, 0.29) is 0 Å². The second-order valence-corrected chi connectivity index (χ2v) is 13.2. The lowest BCUT2D eigenvalue weighted by Crippen LogP contribution is -2.20. The first kappa shape index (κ1) is 25.8. The lowest BCUT2D eigenvalue weighted by molar-refractivity contribution is 1.50. The van der Waals surface area contributed by atoms with Gasteiger partial charge in [-0.3, -0.25) is 0 Å². The summed E-state index contributed by atoms with van der Waals surface area (Å²) >= 11 is 0. The van der Waals surface area contributed by atoms with Crippen LogP contribution >= 0.6 is 15.8 Å². The Hall–Kier alpha value is -3.30. The zero-order valence-corrected chi connectivity index (χ0v) is 22.5. The molecule has 4 aromatic carbocycles. The molecule has 0 heterocycles. The molecular formula is C34H32P2. The van der Waals surface area contributed by atoms with Crippen molar-refractivity contribution in [2.75, 3.05) is 12.3 Å². The Labute approximate surface area is 218 Å². The standard InChI is InChI=1S/C34H32P2/c1-5-27-9-17-31(18-10-27)35(32-19-11-28(6-2)12-20-32)25-26-36(33-21-13-29(7-3)14-22-33)34-23-15-30(8-4)16-24-34/h5-24H,1-4,25-26H2. The fraction of sp³-hybridized carbons (Fsp3) is 0.0588. The van der Waals surface area contributed by atoms with Gasteiger partial charge in [-0.25, -0.2) is 0 Å². The number of benzene rings is 4. The molecule has 0 saturated heterocycles. The zero-order valence-electron chi connectivity index (χ0n) is 20.7. The first-order valence-corrected chi connectivity index (χ1v) is 15.2. The van der Waals surface area contributed by atoms with Crippen molar-refractivity contribution < 1.29 is 0 Å². The maximum Gasteiger partial charge on any atom is -0.0195 e. The molecule has 0 spiro atoms. The summed E-state index contributed by atoms with van der Waals surface area (Å²) in [5.41, 5.74) is 4.62. The third kappa shape index (κ3) is 6.27. The van der Waals surface area contributed by atoms with Crippen LogP contribution in [0.15, 0.2) is 123 Å². The van der Waals surface area contributed by atoms with Crippen LogP contribution in [0.25, 0.3) is 24.3 Å². The Bertz CT molecular complexity index is 1100. The highest BCUT2D eigenvalue weighted by atomic mass is 31.1. The zero-order chi connectivity index (χ0) is 25.3. The van der Waals surface area contributed by atoms with E-state index in [0.29, 0.717) is 0 Å². The lowest BCUT2D eigenvalue weighted by atomic mass is 10.2. The molecule has 0 amide bonds. The third-order valence-corrected chi connectivity index (χ3v) is 11.7. The van der Waals surface area contributed by atoms with Gasteiger partial charge in [-0.05, 0) is 71.6 Å². The average molecular weight is 503 g/mol. The van der Waals surface area contributed by atoms with Crippen LogP contribution in [0.1, 0.15) is 22.3 Å². The van der Waals surface area contributed by atoms with E-state index < -0.39 is 15.8 Å². The monoisotopic (exact) mass is 502 g/mol. The molecule has 0 N–H and O–H groups in total. The number of rotatable bonds is 11. The van der Waals surface area contributed by atoms with Crippen molar-refractivity contribution in [2.24, 2.45) is 0 Å². The smallest absolute Gasteiger partial charge is 0.0195 e. The van der Waals surface area contributed by atoms with Crippen molar-refractivity contribution in [3.05, 3.63) is 146 Å². The lowest BCUT2D eigenvalue weighted by Gasteiger charge is -2.24. The SMILES string of the molecule is C=Cc1ccc(P(CCP(c2ccc(C=C)cc2)c2ccc(C=C)cc2)c2ccc(C=C)cc2)cc1. The van der Waals surface area contributed by atoms with E-state index in [2.05, 4.69) is 123 Å². The summed E-state index contributed by atoms with van der Waals surface area (Å²) in [4.78, 5) is 0. The minimum Gasteiger partial charge on any atom is -0.0985 e. The quantitative estimate of drug-likeness (QED) is 0.183. The van der Waals surface area contributed by atoms with Crippen molar-refractivity contribution in [1.29, 1.82) is 0 Å². The normalized spacial score (nSPS) is 10.8. The van der Waals surface area contributed by atoms with Crippen LogP contribution in [0.5, 0.6) is 0 Å². The average Bonchev–Trinajstić information content (AvgIpc) is 2.96. The Balaban J connectivity index is 1.69. The Kier molecular flexibility index (Phi) is 9.02. The van der Waals surface area contributed by atoms with E-state index in [4.69, 9.17) is 0 Å². The van der Waals surface area contributed by atoms with Gasteiger partial charge in [0.15, 0.2) is 0 Å². The van der Waals surface area contributed by atoms with Crippen LogP contribution in [-0.4, -0.2) is 12.3 Å². The maximum atomic E-state index is 3.92. The molecule has 36 heavy (non-hydrogen) atoms. The summed E-state index contributed by atoms with van der Waals surface area (Å²) in [6, 6.07) is 35.7. The molecule has 178 valence electrons. The van der Waals surface area contributed by atoms with Crippen LogP contribution in [0.4, 0.5) is 0 Å². The van der Waals surface area contributed by atoms with Gasteiger partial charge in [-0.2, -0.15) is 0 Å². The van der Waals surface area contributed by atoms with E-state index in [1.54, 1.807) is 0 Å². The molecule has 0 fully saturated rings. The van der Waals surface area contributed by atoms with Gasteiger partial charge in [0.2, 0.25) is 0 Å². The molecule has 0 aromatic heterocycles. The predicted molar refractivity (Wildman–Crippen MR) is 168 cm³/mol. The van der Waals surface area contributed by atoms with Gasteiger partial charge in [-0.15, -0.1) is 0 Å². The molecule has 0 nitrogen and oxygen atoms in total. The molecule has 2 heteroatoms. The number of hydrogen-bond donors (Lipinski definition) is 0. The van der Waals surface area contributed by atoms with E-state index in [9.17, 15) is 0 Å². The van der Waals surface area contributed by atoms with E-state index in [0.717, 1.165) is 34.6 Å². The topological polar surface area (TPSA) is 0 Å². The third-order valence-electron chi connectivity index (χ3n) is 6.31.